The molecular weight excluding hydrogens is 494 g/mol. The number of nitrogens with zero attached hydrogens (tertiary/aromatic N) is 2. The molecule has 4 N–H and O–H groups in total. The molecule has 9 nitrogen and oxygen atoms in total. The van der Waals surface area contributed by atoms with Crippen molar-refractivity contribution < 1.29 is 19.4 Å². The number of halogens is 1. The lowest BCUT2D eigenvalue weighted by Crippen LogP contribution is -2.31. The van der Waals surface area contributed by atoms with Gasteiger partial charge in [0.2, 0.25) is 5.95 Å². The predicted octanol–water partition coefficient (Wildman–Crippen LogP) is 4.68. The third-order valence-electron chi connectivity index (χ3n) is 5.77. The van der Waals surface area contributed by atoms with E-state index in [4.69, 9.17) is 16.3 Å². The third kappa shape index (κ3) is 7.53. The summed E-state index contributed by atoms with van der Waals surface area (Å²) in [7, 11) is 0. The van der Waals surface area contributed by atoms with Gasteiger partial charge in [-0.05, 0) is 63.4 Å². The van der Waals surface area contributed by atoms with Crippen molar-refractivity contribution in [1.82, 2.24) is 20.3 Å². The number of hydrogen-bond donors (Lipinski definition) is 4. The van der Waals surface area contributed by atoms with Crippen LogP contribution < -0.4 is 10.6 Å². The minimum atomic E-state index is -0.604. The van der Waals surface area contributed by atoms with Gasteiger partial charge in [-0.25, -0.2) is 9.97 Å². The van der Waals surface area contributed by atoms with Crippen molar-refractivity contribution in [2.45, 2.75) is 53.1 Å². The average Bonchev–Trinajstić information content (AvgIpc) is 3.35. The van der Waals surface area contributed by atoms with Gasteiger partial charge < -0.3 is 25.5 Å². The van der Waals surface area contributed by atoms with Crippen molar-refractivity contribution in [3.8, 4) is 11.3 Å². The third-order valence-corrected chi connectivity index (χ3v) is 6.00. The van der Waals surface area contributed by atoms with E-state index in [9.17, 15) is 14.7 Å². The second kappa shape index (κ2) is 12.2. The van der Waals surface area contributed by atoms with Crippen molar-refractivity contribution >= 4 is 29.4 Å². The van der Waals surface area contributed by atoms with Crippen LogP contribution in [-0.2, 0) is 9.53 Å². The summed E-state index contributed by atoms with van der Waals surface area (Å²) in [5.74, 6) is -0.245. The number of esters is 1. The van der Waals surface area contributed by atoms with E-state index in [-0.39, 0.29) is 31.1 Å². The van der Waals surface area contributed by atoms with Crippen LogP contribution in [0.3, 0.4) is 0 Å². The maximum Gasteiger partial charge on any atom is 0.311 e. The van der Waals surface area contributed by atoms with Crippen molar-refractivity contribution in [2.24, 2.45) is 5.41 Å². The van der Waals surface area contributed by atoms with Crippen LogP contribution in [0.4, 0.5) is 5.95 Å². The molecule has 0 aliphatic rings. The molecule has 1 aromatic carbocycles. The van der Waals surface area contributed by atoms with Crippen LogP contribution in [0.1, 0.15) is 61.8 Å². The number of aromatic nitrogens is 3. The molecule has 0 saturated carbocycles. The number of aryl methyl sites for hydroxylation is 1. The van der Waals surface area contributed by atoms with Gasteiger partial charge in [0.15, 0.2) is 0 Å². The number of amides is 1. The number of nitrogens with one attached hydrogen (secondary N) is 3. The zero-order valence-electron chi connectivity index (χ0n) is 21.8. The smallest absolute Gasteiger partial charge is 0.311 e. The highest BCUT2D eigenvalue weighted by atomic mass is 35.5. The largest absolute Gasteiger partial charge is 0.463 e. The molecule has 0 fully saturated rings. The van der Waals surface area contributed by atoms with Crippen LogP contribution in [0.15, 0.2) is 42.7 Å². The number of benzene rings is 1. The van der Waals surface area contributed by atoms with E-state index >= 15 is 0 Å². The number of carbonyl (C=O) groups excluding carboxylic acids is 2. The molecule has 2 aromatic heterocycles. The lowest BCUT2D eigenvalue weighted by Gasteiger charge is -2.21. The van der Waals surface area contributed by atoms with E-state index in [0.29, 0.717) is 39.9 Å². The Morgan fingerprint density at radius 2 is 2.00 bits per heavy atom. The first-order valence-electron chi connectivity index (χ1n) is 12.1. The van der Waals surface area contributed by atoms with Crippen LogP contribution in [0.2, 0.25) is 5.02 Å². The summed E-state index contributed by atoms with van der Waals surface area (Å²) in [5, 5.41) is 16.4. The number of aromatic amines is 1. The fourth-order valence-electron chi connectivity index (χ4n) is 3.50. The summed E-state index contributed by atoms with van der Waals surface area (Å²) >= 11 is 6.05. The minimum Gasteiger partial charge on any atom is -0.463 e. The average molecular weight is 528 g/mol. The Morgan fingerprint density at radius 1 is 1.24 bits per heavy atom. The highest BCUT2D eigenvalue weighted by molar-refractivity contribution is 6.30. The summed E-state index contributed by atoms with van der Waals surface area (Å²) in [6, 6.07) is 7.93. The van der Waals surface area contributed by atoms with E-state index in [1.807, 2.05) is 34.6 Å². The van der Waals surface area contributed by atoms with Gasteiger partial charge in [-0.1, -0.05) is 30.7 Å². The summed E-state index contributed by atoms with van der Waals surface area (Å²) in [6.45, 7) is 9.23. The minimum absolute atomic E-state index is 0.156. The predicted molar refractivity (Wildman–Crippen MR) is 143 cm³/mol. The Hall–Kier alpha value is -3.43. The fourth-order valence-corrected chi connectivity index (χ4v) is 3.70. The number of anilines is 1. The van der Waals surface area contributed by atoms with Gasteiger partial charge in [0.1, 0.15) is 12.3 Å². The van der Waals surface area contributed by atoms with Crippen molar-refractivity contribution in [3.63, 3.8) is 0 Å². The second-order valence-electron chi connectivity index (χ2n) is 9.89. The van der Waals surface area contributed by atoms with Crippen LogP contribution in [-0.4, -0.2) is 51.2 Å². The first-order valence-corrected chi connectivity index (χ1v) is 12.5. The van der Waals surface area contributed by atoms with Gasteiger partial charge in [-0.2, -0.15) is 0 Å². The maximum atomic E-state index is 12.9. The van der Waals surface area contributed by atoms with Gasteiger partial charge in [-0.15, -0.1) is 0 Å². The number of aliphatic hydroxyl groups is 1. The summed E-state index contributed by atoms with van der Waals surface area (Å²) in [5.41, 5.74) is 2.65. The Labute approximate surface area is 222 Å². The zero-order valence-corrected chi connectivity index (χ0v) is 22.5. The lowest BCUT2D eigenvalue weighted by atomic mass is 9.97. The second-order valence-corrected chi connectivity index (χ2v) is 10.3. The quantitative estimate of drug-likeness (QED) is 0.282. The van der Waals surface area contributed by atoms with E-state index in [1.54, 1.807) is 42.7 Å². The zero-order chi connectivity index (χ0) is 27.2. The van der Waals surface area contributed by atoms with Crippen LogP contribution in [0.5, 0.6) is 0 Å². The van der Waals surface area contributed by atoms with Crippen molar-refractivity contribution in [3.05, 3.63) is 64.6 Å². The number of H-pyrrole nitrogens is 1. The molecule has 0 aliphatic carbocycles. The van der Waals surface area contributed by atoms with Gasteiger partial charge in [-0.3, -0.25) is 9.59 Å². The van der Waals surface area contributed by atoms with Crippen LogP contribution >= 0.6 is 11.6 Å². The first-order chi connectivity index (χ1) is 17.5. The molecule has 0 spiro atoms. The van der Waals surface area contributed by atoms with Gasteiger partial charge in [0.25, 0.3) is 5.91 Å². The summed E-state index contributed by atoms with van der Waals surface area (Å²) < 4.78 is 5.45. The summed E-state index contributed by atoms with van der Waals surface area (Å²) in [4.78, 5) is 37.0. The molecule has 3 rings (SSSR count). The Bertz CT molecular complexity index is 1240. The van der Waals surface area contributed by atoms with Gasteiger partial charge >= 0.3 is 5.97 Å². The highest BCUT2D eigenvalue weighted by Crippen LogP contribution is 2.24. The lowest BCUT2D eigenvalue weighted by molar-refractivity contribution is -0.153. The molecule has 0 saturated heterocycles. The molecule has 3 aromatic rings. The van der Waals surface area contributed by atoms with E-state index in [2.05, 4.69) is 25.6 Å². The van der Waals surface area contributed by atoms with Crippen molar-refractivity contribution in [2.75, 3.05) is 18.5 Å². The van der Waals surface area contributed by atoms with Crippen LogP contribution in [0.25, 0.3) is 11.3 Å². The number of ether oxygens (including phenoxy) is 1. The maximum absolute atomic E-state index is 12.9. The van der Waals surface area contributed by atoms with Gasteiger partial charge in [0, 0.05) is 23.0 Å². The van der Waals surface area contributed by atoms with E-state index in [0.717, 1.165) is 5.56 Å². The summed E-state index contributed by atoms with van der Waals surface area (Å²) in [6.07, 6.45) is 4.10. The Kier molecular flexibility index (Phi) is 9.29. The molecule has 0 radical (unpaired) electrons. The SMILES string of the molecule is CC[C@H](COC(=O)C(C)(C)C)Nc1ncc(C)c(-c2c[nH]c(C(=O)N[C@H](CO)c3cccc(Cl)c3)c2)n1. The molecule has 2 atom stereocenters. The number of hydrogen-bond acceptors (Lipinski definition) is 7. The first kappa shape index (κ1) is 28.1. The van der Waals surface area contributed by atoms with E-state index in [1.165, 1.54) is 0 Å². The number of aliphatic hydroxyl groups excluding tert-OH is 1. The van der Waals surface area contributed by atoms with Gasteiger partial charge in [0.05, 0.1) is 29.8 Å². The Morgan fingerprint density at radius 3 is 2.65 bits per heavy atom. The molecule has 0 aliphatic heterocycles. The molecular formula is C27H34ClN5O4. The fraction of sp³-hybridized carbons (Fsp3) is 0.407. The van der Waals surface area contributed by atoms with Crippen molar-refractivity contribution in [1.29, 1.82) is 0 Å². The highest BCUT2D eigenvalue weighted by Gasteiger charge is 2.24. The molecule has 198 valence electrons. The molecule has 2 heterocycles. The normalized spacial score (nSPS) is 13.1. The van der Waals surface area contributed by atoms with E-state index < -0.39 is 11.5 Å². The standard InChI is InChI=1S/C27H34ClN5O4/c1-6-20(15-37-25(36)27(3,4)5)31-26-30-12-16(2)23(33-26)18-11-21(29-13-18)24(35)32-22(14-34)17-8-7-9-19(28)10-17/h7-13,20,22,29,34H,6,14-15H2,1-5H3,(H,32,35)(H,30,31,33)/t20-,22-/m1/s1. The molecule has 0 bridgehead atoms. The van der Waals surface area contributed by atoms with Crippen LogP contribution in [0, 0.1) is 12.3 Å². The molecule has 37 heavy (non-hydrogen) atoms. The molecule has 10 heteroatoms. The molecule has 0 unspecified atom stereocenters. The Balaban J connectivity index is 1.72. The number of carbonyl (C=O) groups is 2. The number of rotatable bonds is 10. The molecule has 1 amide bonds. The topological polar surface area (TPSA) is 129 Å². The monoisotopic (exact) mass is 527 g/mol.